The third kappa shape index (κ3) is 4.39. The van der Waals surface area contributed by atoms with E-state index in [1.165, 1.54) is 60.8 Å². The second-order valence-electron chi connectivity index (χ2n) is 12.7. The summed E-state index contributed by atoms with van der Waals surface area (Å²) in [6.07, 6.45) is 4.87. The van der Waals surface area contributed by atoms with Crippen molar-refractivity contribution in [1.29, 1.82) is 0 Å². The molecule has 0 saturated carbocycles. The van der Waals surface area contributed by atoms with E-state index in [2.05, 4.69) is 129 Å². The van der Waals surface area contributed by atoms with Gasteiger partial charge in [0.2, 0.25) is 0 Å². The molecular weight excluding hydrogens is 611 g/mol. The van der Waals surface area contributed by atoms with Gasteiger partial charge in [0.15, 0.2) is 0 Å². The summed E-state index contributed by atoms with van der Waals surface area (Å²) in [6, 6.07) is 20.3. The summed E-state index contributed by atoms with van der Waals surface area (Å²) in [6.45, 7) is 20.8. The molecule has 2 aliphatic rings. The zero-order chi connectivity index (χ0) is 28.5. The van der Waals surface area contributed by atoms with E-state index in [1.54, 1.807) is 0 Å². The molecule has 0 radical (unpaired) electrons. The van der Waals surface area contributed by atoms with E-state index in [4.69, 9.17) is 17.0 Å². The van der Waals surface area contributed by atoms with E-state index < -0.39 is 20.4 Å². The second kappa shape index (κ2) is 10.3. The van der Waals surface area contributed by atoms with Crippen molar-refractivity contribution in [2.75, 3.05) is 0 Å². The Morgan fingerprint density at radius 1 is 0.641 bits per heavy atom. The van der Waals surface area contributed by atoms with Gasteiger partial charge in [-0.05, 0) is 0 Å². The van der Waals surface area contributed by atoms with Crippen molar-refractivity contribution in [3.63, 3.8) is 0 Å². The molecule has 0 amide bonds. The third-order valence-electron chi connectivity index (χ3n) is 9.54. The summed E-state index contributed by atoms with van der Waals surface area (Å²) in [5, 5.41) is 1.36. The van der Waals surface area contributed by atoms with Crippen LogP contribution >= 0.6 is 17.0 Å². The fourth-order valence-corrected chi connectivity index (χ4v) is 46.2. The van der Waals surface area contributed by atoms with Crippen LogP contribution in [0.2, 0.25) is 6.55 Å². The molecule has 3 aromatic carbocycles. The number of halogens is 2. The van der Waals surface area contributed by atoms with Crippen LogP contribution in [0.3, 0.4) is 0 Å². The Hall–Kier alpha value is -1.18. The van der Waals surface area contributed by atoms with Gasteiger partial charge in [-0.2, -0.15) is 0 Å². The van der Waals surface area contributed by atoms with Crippen LogP contribution in [0, 0.1) is 13.8 Å². The first-order valence-corrected chi connectivity index (χ1v) is 29.2. The summed E-state index contributed by atoms with van der Waals surface area (Å²) in [7, 11) is 17.4. The Morgan fingerprint density at radius 3 is 1.44 bits per heavy atom. The fraction of sp³-hybridized carbons (Fsp3) is 0.371. The predicted molar refractivity (Wildman–Crippen MR) is 173 cm³/mol. The average molecular weight is 653 g/mol. The van der Waals surface area contributed by atoms with Crippen molar-refractivity contribution in [2.24, 2.45) is 0 Å². The molecule has 39 heavy (non-hydrogen) atoms. The summed E-state index contributed by atoms with van der Waals surface area (Å²) in [5.41, 5.74) is 12.4. The van der Waals surface area contributed by atoms with Crippen molar-refractivity contribution in [3.05, 3.63) is 110 Å². The van der Waals surface area contributed by atoms with Gasteiger partial charge in [-0.25, -0.2) is 0 Å². The number of benzene rings is 3. The van der Waals surface area contributed by atoms with Gasteiger partial charge in [0.05, 0.1) is 0 Å². The molecule has 0 aromatic heterocycles. The van der Waals surface area contributed by atoms with Crippen molar-refractivity contribution in [2.45, 2.75) is 81.0 Å². The standard InChI is InChI=1S/2C14H17.C7H8Si.2ClH.Zr/c2*1-9(2)12-6-5-11(4)13-7-10(3)8-14(12)13;1-8-7-5-3-2-4-6-7;;;/h2*5-9H,1-4H3;2-6H,1H3;2*1H;/q;;;;;+2/p-2. The van der Waals surface area contributed by atoms with E-state index in [1.807, 2.05) is 0 Å². The number of rotatable bonds is 5. The van der Waals surface area contributed by atoms with Crippen LogP contribution < -0.4 is 5.19 Å². The second-order valence-corrected chi connectivity index (χ2v) is 49.5. The van der Waals surface area contributed by atoms with Crippen LogP contribution in [0.5, 0.6) is 0 Å². The first kappa shape index (κ1) is 29.3. The third-order valence-corrected chi connectivity index (χ3v) is 52.4. The maximum atomic E-state index is 8.68. The van der Waals surface area contributed by atoms with Gasteiger partial charge in [0.1, 0.15) is 0 Å². The van der Waals surface area contributed by atoms with Gasteiger partial charge in [-0.15, -0.1) is 0 Å². The Bertz CT molecular complexity index is 1520. The van der Waals surface area contributed by atoms with Gasteiger partial charge >= 0.3 is 246 Å². The van der Waals surface area contributed by atoms with E-state index >= 15 is 0 Å². The van der Waals surface area contributed by atoms with Crippen molar-refractivity contribution in [1.82, 2.24) is 0 Å². The fourth-order valence-electron chi connectivity index (χ4n) is 7.62. The SMILES string of the molecule is CC1=Cc2c(C(C)C)ccc(C)c2[CH]1[Zr]([Cl])([Cl])([CH]1C(C)=Cc2c(C(C)C)ccc(C)c21)=[Si](C)c1ccccc1. The van der Waals surface area contributed by atoms with Crippen LogP contribution in [-0.4, -0.2) is 5.43 Å². The molecule has 0 heterocycles. The van der Waals surface area contributed by atoms with Crippen LogP contribution in [0.1, 0.15) is 105 Å². The number of hydrogen-bond donors (Lipinski definition) is 0. The number of hydrogen-bond acceptors (Lipinski definition) is 0. The van der Waals surface area contributed by atoms with Crippen molar-refractivity contribution < 1.29 is 15.0 Å². The topological polar surface area (TPSA) is 0 Å². The van der Waals surface area contributed by atoms with Gasteiger partial charge < -0.3 is 0 Å². The first-order valence-electron chi connectivity index (χ1n) is 14.4. The molecule has 0 fully saturated rings. The van der Waals surface area contributed by atoms with Crippen molar-refractivity contribution >= 4 is 39.8 Å². The number of allylic oxidation sites excluding steroid dienone is 2. The molecule has 0 N–H and O–H groups in total. The van der Waals surface area contributed by atoms with Crippen LogP contribution in [0.25, 0.3) is 12.2 Å². The number of aryl methyl sites for hydroxylation is 2. The predicted octanol–water partition coefficient (Wildman–Crippen LogP) is 10.7. The zero-order valence-corrected chi connectivity index (χ0v) is 29.9. The molecule has 4 heteroatoms. The summed E-state index contributed by atoms with van der Waals surface area (Å²) < 4.78 is 0.174. The minimum atomic E-state index is -4.95. The monoisotopic (exact) mass is 650 g/mol. The molecule has 204 valence electrons. The molecule has 0 spiro atoms. The summed E-state index contributed by atoms with van der Waals surface area (Å²) in [4.78, 5) is 0. The van der Waals surface area contributed by atoms with E-state index in [0.717, 1.165) is 0 Å². The van der Waals surface area contributed by atoms with E-state index in [9.17, 15) is 0 Å². The van der Waals surface area contributed by atoms with Crippen LogP contribution in [0.4, 0.5) is 0 Å². The molecule has 5 rings (SSSR count). The normalized spacial score (nSPS) is 18.8. The molecule has 3 aromatic rings. The quantitative estimate of drug-likeness (QED) is 0.241. The molecule has 2 aliphatic carbocycles. The molecule has 2 atom stereocenters. The summed E-state index contributed by atoms with van der Waals surface area (Å²) >= 11 is -4.95. The molecule has 0 bridgehead atoms. The van der Waals surface area contributed by atoms with Crippen LogP contribution in [-0.2, 0) is 15.0 Å². The molecule has 0 nitrogen and oxygen atoms in total. The van der Waals surface area contributed by atoms with Gasteiger partial charge in [-0.3, -0.25) is 0 Å². The molecule has 0 aliphatic heterocycles. The van der Waals surface area contributed by atoms with E-state index in [-0.39, 0.29) is 7.25 Å². The zero-order valence-electron chi connectivity index (χ0n) is 24.9. The van der Waals surface area contributed by atoms with Crippen LogP contribution in [0.15, 0.2) is 65.7 Å². The molecular formula is C35H42Cl2SiZr. The van der Waals surface area contributed by atoms with Gasteiger partial charge in [-0.1, -0.05) is 0 Å². The Morgan fingerprint density at radius 2 is 1.05 bits per heavy atom. The Kier molecular flexibility index (Phi) is 7.72. The molecule has 2 unspecified atom stereocenters. The summed E-state index contributed by atoms with van der Waals surface area (Å²) in [5.74, 6) is 0.886. The maximum absolute atomic E-state index is 8.68. The van der Waals surface area contributed by atoms with Gasteiger partial charge in [0, 0.05) is 0 Å². The van der Waals surface area contributed by atoms with E-state index in [0.29, 0.717) is 11.8 Å². The van der Waals surface area contributed by atoms with Gasteiger partial charge in [0.25, 0.3) is 0 Å². The molecule has 0 saturated heterocycles. The average Bonchev–Trinajstić information content (AvgIpc) is 3.43. The van der Waals surface area contributed by atoms with Crippen molar-refractivity contribution in [3.8, 4) is 0 Å². The first-order chi connectivity index (χ1) is 18.3. The Balaban J connectivity index is 1.95. The minimum absolute atomic E-state index is 0.0870. The number of fused-ring (bicyclic) bond motifs is 2. The Labute approximate surface area is 244 Å².